The van der Waals surface area contributed by atoms with E-state index in [1.165, 1.54) is 13.3 Å². The number of aryl methyl sites for hydroxylation is 1. The second-order valence-corrected chi connectivity index (χ2v) is 5.86. The summed E-state index contributed by atoms with van der Waals surface area (Å²) >= 11 is 0. The molecule has 1 aromatic carbocycles. The van der Waals surface area contributed by atoms with E-state index in [1.807, 2.05) is 37.3 Å². The molecule has 0 amide bonds. The second kappa shape index (κ2) is 6.83. The number of carbonyl (C=O) groups excluding carboxylic acids is 1. The third-order valence-corrected chi connectivity index (χ3v) is 3.96. The van der Waals surface area contributed by atoms with Crippen LogP contribution in [0.3, 0.4) is 0 Å². The average molecular weight is 360 g/mol. The fourth-order valence-electron chi connectivity index (χ4n) is 2.71. The van der Waals surface area contributed by atoms with Crippen molar-refractivity contribution in [2.24, 2.45) is 0 Å². The van der Waals surface area contributed by atoms with E-state index in [0.29, 0.717) is 22.9 Å². The van der Waals surface area contributed by atoms with Gasteiger partial charge in [-0.3, -0.25) is 9.89 Å². The predicted molar refractivity (Wildman–Crippen MR) is 100 cm³/mol. The number of benzene rings is 1. The Morgan fingerprint density at radius 1 is 1.15 bits per heavy atom. The third-order valence-electron chi connectivity index (χ3n) is 3.96. The van der Waals surface area contributed by atoms with Crippen LogP contribution in [-0.2, 0) is 0 Å². The molecule has 8 nitrogen and oxygen atoms in total. The van der Waals surface area contributed by atoms with Crippen molar-refractivity contribution in [3.8, 4) is 5.75 Å². The number of ether oxygens (including phenoxy) is 1. The summed E-state index contributed by atoms with van der Waals surface area (Å²) in [6.07, 6.45) is 1.53. The Kier molecular flexibility index (Phi) is 4.21. The number of aromatic nitrogens is 5. The molecule has 3 aromatic heterocycles. The van der Waals surface area contributed by atoms with Gasteiger partial charge in [-0.2, -0.15) is 5.10 Å². The van der Waals surface area contributed by atoms with E-state index in [0.717, 1.165) is 11.1 Å². The van der Waals surface area contributed by atoms with Crippen molar-refractivity contribution in [2.45, 2.75) is 6.92 Å². The molecule has 4 rings (SSSR count). The zero-order valence-corrected chi connectivity index (χ0v) is 14.7. The molecule has 0 aliphatic heterocycles. The van der Waals surface area contributed by atoms with Crippen molar-refractivity contribution in [3.05, 3.63) is 65.9 Å². The normalized spacial score (nSPS) is 10.7. The lowest BCUT2D eigenvalue weighted by molar-refractivity contribution is 0.102. The zero-order valence-electron chi connectivity index (χ0n) is 14.7. The van der Waals surface area contributed by atoms with Crippen LogP contribution >= 0.6 is 0 Å². The van der Waals surface area contributed by atoms with Gasteiger partial charge >= 0.3 is 0 Å². The van der Waals surface area contributed by atoms with Gasteiger partial charge in [-0.1, -0.05) is 12.1 Å². The first kappa shape index (κ1) is 16.6. The number of nitrogens with one attached hydrogen (secondary N) is 2. The summed E-state index contributed by atoms with van der Waals surface area (Å²) < 4.78 is 5.24. The first-order chi connectivity index (χ1) is 13.2. The Labute approximate surface area is 154 Å². The molecular formula is C19H16N6O2. The number of hydrogen-bond donors (Lipinski definition) is 2. The Bertz CT molecular complexity index is 1140. The molecule has 0 radical (unpaired) electrons. The highest BCUT2D eigenvalue weighted by atomic mass is 16.5. The Morgan fingerprint density at radius 3 is 2.78 bits per heavy atom. The van der Waals surface area contributed by atoms with Crippen LogP contribution in [0.2, 0.25) is 0 Å². The van der Waals surface area contributed by atoms with Gasteiger partial charge in [0, 0.05) is 23.3 Å². The first-order valence-electron chi connectivity index (χ1n) is 8.25. The highest BCUT2D eigenvalue weighted by molar-refractivity contribution is 6.08. The smallest absolute Gasteiger partial charge is 0.252 e. The molecule has 27 heavy (non-hydrogen) atoms. The van der Waals surface area contributed by atoms with Gasteiger partial charge in [-0.15, -0.1) is 0 Å². The van der Waals surface area contributed by atoms with Crippen LogP contribution in [0.25, 0.3) is 10.9 Å². The summed E-state index contributed by atoms with van der Waals surface area (Å²) in [6.45, 7) is 1.90. The van der Waals surface area contributed by atoms with Crippen LogP contribution in [0.1, 0.15) is 22.0 Å². The van der Waals surface area contributed by atoms with Crippen molar-refractivity contribution >= 4 is 28.3 Å². The number of aromatic amines is 1. The van der Waals surface area contributed by atoms with E-state index in [1.54, 1.807) is 12.1 Å². The van der Waals surface area contributed by atoms with Gasteiger partial charge < -0.3 is 10.1 Å². The third kappa shape index (κ3) is 3.20. The number of rotatable bonds is 5. The molecule has 0 bridgehead atoms. The maximum absolute atomic E-state index is 13.0. The van der Waals surface area contributed by atoms with Gasteiger partial charge in [-0.05, 0) is 31.2 Å². The lowest BCUT2D eigenvalue weighted by Gasteiger charge is -2.10. The lowest BCUT2D eigenvalue weighted by atomic mass is 10.2. The van der Waals surface area contributed by atoms with E-state index >= 15 is 0 Å². The summed E-state index contributed by atoms with van der Waals surface area (Å²) in [6, 6.07) is 12.7. The van der Waals surface area contributed by atoms with Gasteiger partial charge in [0.15, 0.2) is 11.5 Å². The first-order valence-corrected chi connectivity index (χ1v) is 8.25. The van der Waals surface area contributed by atoms with Crippen molar-refractivity contribution in [2.75, 3.05) is 12.4 Å². The summed E-state index contributed by atoms with van der Waals surface area (Å²) in [5.41, 5.74) is 1.71. The van der Waals surface area contributed by atoms with Gasteiger partial charge in [0.2, 0.25) is 5.82 Å². The number of anilines is 2. The zero-order chi connectivity index (χ0) is 18.8. The van der Waals surface area contributed by atoms with E-state index in [2.05, 4.69) is 30.5 Å². The summed E-state index contributed by atoms with van der Waals surface area (Å²) in [5, 5.41) is 11.0. The summed E-state index contributed by atoms with van der Waals surface area (Å²) in [4.78, 5) is 25.9. The molecule has 0 aliphatic rings. The molecule has 134 valence electrons. The van der Waals surface area contributed by atoms with Crippen molar-refractivity contribution in [1.82, 2.24) is 25.1 Å². The Balaban J connectivity index is 1.83. The van der Waals surface area contributed by atoms with E-state index < -0.39 is 5.78 Å². The number of carbonyl (C=O) groups is 1. The summed E-state index contributed by atoms with van der Waals surface area (Å²) in [7, 11) is 1.49. The molecule has 4 aromatic rings. The minimum absolute atomic E-state index is 0.0282. The number of para-hydroxylation sites is 1. The van der Waals surface area contributed by atoms with Crippen LogP contribution in [0.15, 0.2) is 48.7 Å². The maximum atomic E-state index is 13.0. The van der Waals surface area contributed by atoms with Gasteiger partial charge in [0.05, 0.1) is 12.6 Å². The maximum Gasteiger partial charge on any atom is 0.252 e. The molecule has 0 atom stereocenters. The number of nitrogens with zero attached hydrogens (tertiary/aromatic N) is 4. The number of fused-ring (bicyclic) bond motifs is 1. The molecular weight excluding hydrogens is 344 g/mol. The van der Waals surface area contributed by atoms with E-state index in [9.17, 15) is 4.79 Å². The average Bonchev–Trinajstić information content (AvgIpc) is 3.12. The van der Waals surface area contributed by atoms with E-state index in [-0.39, 0.29) is 11.5 Å². The number of pyridine rings is 1. The molecule has 0 fully saturated rings. The lowest BCUT2D eigenvalue weighted by Crippen LogP contribution is -2.12. The van der Waals surface area contributed by atoms with Gasteiger partial charge in [-0.25, -0.2) is 15.0 Å². The second-order valence-electron chi connectivity index (χ2n) is 5.86. The van der Waals surface area contributed by atoms with Crippen LogP contribution in [0, 0.1) is 6.92 Å². The summed E-state index contributed by atoms with van der Waals surface area (Å²) in [5.74, 6) is 1.08. The number of ketones is 1. The standard InChI is InChI=1S/C19H16N6O2/c1-11-10-15(25-24-11)22-18-12-6-3-4-7-13(12)21-19(23-18)17(26)16-14(27-2)8-5-9-20-16/h3-10H,1-2H3,(H2,21,22,23,24,25). The van der Waals surface area contributed by atoms with Crippen molar-refractivity contribution in [3.63, 3.8) is 0 Å². The minimum Gasteiger partial charge on any atom is -0.494 e. The molecule has 3 heterocycles. The largest absolute Gasteiger partial charge is 0.494 e. The topological polar surface area (TPSA) is 106 Å². The van der Waals surface area contributed by atoms with Crippen LogP contribution in [0.5, 0.6) is 5.75 Å². The number of hydrogen-bond acceptors (Lipinski definition) is 7. The quantitative estimate of drug-likeness (QED) is 0.527. The van der Waals surface area contributed by atoms with Crippen molar-refractivity contribution in [1.29, 1.82) is 0 Å². The van der Waals surface area contributed by atoms with Crippen molar-refractivity contribution < 1.29 is 9.53 Å². The van der Waals surface area contributed by atoms with Crippen LogP contribution in [-0.4, -0.2) is 38.0 Å². The highest BCUT2D eigenvalue weighted by Gasteiger charge is 2.21. The number of H-pyrrole nitrogens is 1. The minimum atomic E-state index is -0.417. The van der Waals surface area contributed by atoms with Gasteiger partial charge in [0.25, 0.3) is 5.78 Å². The Morgan fingerprint density at radius 2 is 2.00 bits per heavy atom. The van der Waals surface area contributed by atoms with E-state index in [4.69, 9.17) is 4.74 Å². The molecule has 0 spiro atoms. The molecule has 0 aliphatic carbocycles. The SMILES string of the molecule is COc1cccnc1C(=O)c1nc(Nc2cc(C)[nH]n2)c2ccccc2n1. The van der Waals surface area contributed by atoms with Crippen LogP contribution < -0.4 is 10.1 Å². The molecule has 0 saturated heterocycles. The van der Waals surface area contributed by atoms with Gasteiger partial charge in [0.1, 0.15) is 11.6 Å². The van der Waals surface area contributed by atoms with Crippen LogP contribution in [0.4, 0.5) is 11.6 Å². The monoisotopic (exact) mass is 360 g/mol. The fourth-order valence-corrected chi connectivity index (χ4v) is 2.71. The molecule has 0 unspecified atom stereocenters. The molecule has 2 N–H and O–H groups in total. The molecule has 8 heteroatoms. The fraction of sp³-hybridized carbons (Fsp3) is 0.105. The molecule has 0 saturated carbocycles. The predicted octanol–water partition coefficient (Wildman–Crippen LogP) is 3.04. The number of methoxy groups -OCH3 is 1. The Hall–Kier alpha value is -3.81. The highest BCUT2D eigenvalue weighted by Crippen LogP contribution is 2.25.